The SMILES string of the molecule is COc1ccc(CCN2C(=O)C(=O)C(=C(O)c3ccc(F)cc3)[C@@H]2c2ccc(C)cc2)cc1OC. The molecule has 1 aliphatic heterocycles. The van der Waals surface area contributed by atoms with Gasteiger partial charge in [0.15, 0.2) is 11.5 Å². The number of likely N-dealkylation sites (tertiary alicyclic amines) is 1. The first kappa shape index (κ1) is 24.0. The molecule has 1 atom stereocenters. The van der Waals surface area contributed by atoms with Gasteiger partial charge in [0, 0.05) is 12.1 Å². The van der Waals surface area contributed by atoms with Crippen molar-refractivity contribution < 1.29 is 28.6 Å². The second-order valence-electron chi connectivity index (χ2n) is 8.35. The van der Waals surface area contributed by atoms with Gasteiger partial charge in [-0.2, -0.15) is 0 Å². The van der Waals surface area contributed by atoms with Crippen molar-refractivity contribution in [2.45, 2.75) is 19.4 Å². The maximum Gasteiger partial charge on any atom is 0.295 e. The average Bonchev–Trinajstić information content (AvgIpc) is 3.12. The molecule has 1 aliphatic rings. The summed E-state index contributed by atoms with van der Waals surface area (Å²) in [4.78, 5) is 27.7. The highest BCUT2D eigenvalue weighted by atomic mass is 19.1. The molecule has 1 saturated heterocycles. The third kappa shape index (κ3) is 4.75. The van der Waals surface area contributed by atoms with Crippen molar-refractivity contribution in [1.29, 1.82) is 0 Å². The topological polar surface area (TPSA) is 76.1 Å². The smallest absolute Gasteiger partial charge is 0.295 e. The Kier molecular flexibility index (Phi) is 6.87. The van der Waals surface area contributed by atoms with E-state index in [0.717, 1.165) is 11.1 Å². The molecular weight excluding hydrogens is 449 g/mol. The quantitative estimate of drug-likeness (QED) is 0.301. The molecule has 0 aliphatic carbocycles. The Labute approximate surface area is 203 Å². The molecule has 1 N–H and O–H groups in total. The molecular formula is C28H26FNO5. The number of rotatable bonds is 7. The minimum absolute atomic E-state index is 0.0160. The van der Waals surface area contributed by atoms with Crippen molar-refractivity contribution in [2.24, 2.45) is 0 Å². The summed E-state index contributed by atoms with van der Waals surface area (Å²) in [5.74, 6) is -1.10. The minimum Gasteiger partial charge on any atom is -0.507 e. The molecule has 7 heteroatoms. The van der Waals surface area contributed by atoms with Crippen LogP contribution in [0.2, 0.25) is 0 Å². The van der Waals surface area contributed by atoms with E-state index in [9.17, 15) is 19.1 Å². The summed E-state index contributed by atoms with van der Waals surface area (Å²) in [5.41, 5.74) is 2.87. The molecule has 35 heavy (non-hydrogen) atoms. The van der Waals surface area contributed by atoms with Crippen LogP contribution in [0.1, 0.15) is 28.3 Å². The van der Waals surface area contributed by atoms with Crippen molar-refractivity contribution in [3.05, 3.63) is 100 Å². The summed E-state index contributed by atoms with van der Waals surface area (Å²) in [6, 6.07) is 17.3. The molecule has 180 valence electrons. The predicted octanol–water partition coefficient (Wildman–Crippen LogP) is 4.82. The highest BCUT2D eigenvalue weighted by Gasteiger charge is 2.45. The van der Waals surface area contributed by atoms with Gasteiger partial charge < -0.3 is 19.5 Å². The molecule has 1 fully saturated rings. The molecule has 3 aromatic rings. The molecule has 0 saturated carbocycles. The maximum atomic E-state index is 13.4. The first-order valence-corrected chi connectivity index (χ1v) is 11.2. The third-order valence-corrected chi connectivity index (χ3v) is 6.14. The number of ether oxygens (including phenoxy) is 2. The maximum absolute atomic E-state index is 13.4. The van der Waals surface area contributed by atoms with Gasteiger partial charge in [0.2, 0.25) is 0 Å². The van der Waals surface area contributed by atoms with E-state index in [1.165, 1.54) is 29.2 Å². The number of aliphatic hydroxyl groups excluding tert-OH is 1. The lowest BCUT2D eigenvalue weighted by Crippen LogP contribution is -2.31. The fourth-order valence-electron chi connectivity index (χ4n) is 4.25. The van der Waals surface area contributed by atoms with Gasteiger partial charge in [-0.1, -0.05) is 35.9 Å². The van der Waals surface area contributed by atoms with Crippen molar-refractivity contribution >= 4 is 17.4 Å². The van der Waals surface area contributed by atoms with Crippen molar-refractivity contribution in [1.82, 2.24) is 4.90 Å². The van der Waals surface area contributed by atoms with Crippen LogP contribution < -0.4 is 9.47 Å². The largest absolute Gasteiger partial charge is 0.507 e. The average molecular weight is 476 g/mol. The minimum atomic E-state index is -0.777. The Morgan fingerprint density at radius 1 is 0.943 bits per heavy atom. The van der Waals surface area contributed by atoms with E-state index < -0.39 is 23.5 Å². The van der Waals surface area contributed by atoms with Crippen molar-refractivity contribution in [3.8, 4) is 11.5 Å². The molecule has 0 bridgehead atoms. The summed E-state index contributed by atoms with van der Waals surface area (Å²) in [5, 5.41) is 11.0. The van der Waals surface area contributed by atoms with Gasteiger partial charge in [-0.3, -0.25) is 9.59 Å². The molecule has 0 aromatic heterocycles. The Bertz CT molecular complexity index is 1280. The summed E-state index contributed by atoms with van der Waals surface area (Å²) >= 11 is 0. The third-order valence-electron chi connectivity index (χ3n) is 6.14. The number of Topliss-reactive ketones (excluding diaryl/α,β-unsaturated/α-hetero) is 1. The molecule has 0 spiro atoms. The van der Waals surface area contributed by atoms with Gasteiger partial charge in [0.05, 0.1) is 25.8 Å². The molecule has 6 nitrogen and oxygen atoms in total. The van der Waals surface area contributed by atoms with Gasteiger partial charge >= 0.3 is 0 Å². The summed E-state index contributed by atoms with van der Waals surface area (Å²) < 4.78 is 24.1. The molecule has 4 rings (SSSR count). The number of ketones is 1. The Hall–Kier alpha value is -4.13. The van der Waals surface area contributed by atoms with Crippen LogP contribution in [0.4, 0.5) is 4.39 Å². The van der Waals surface area contributed by atoms with Crippen LogP contribution in [0.3, 0.4) is 0 Å². The Morgan fingerprint density at radius 3 is 2.23 bits per heavy atom. The van der Waals surface area contributed by atoms with E-state index in [4.69, 9.17) is 9.47 Å². The second-order valence-corrected chi connectivity index (χ2v) is 8.35. The molecule has 0 unspecified atom stereocenters. The summed E-state index contributed by atoms with van der Waals surface area (Å²) in [7, 11) is 3.10. The number of carbonyl (C=O) groups is 2. The number of amides is 1. The number of benzene rings is 3. The number of methoxy groups -OCH3 is 2. The highest BCUT2D eigenvalue weighted by Crippen LogP contribution is 2.39. The second kappa shape index (κ2) is 10.0. The zero-order valence-corrected chi connectivity index (χ0v) is 19.7. The molecule has 1 heterocycles. The number of hydrogen-bond donors (Lipinski definition) is 1. The van der Waals surface area contributed by atoms with Crippen LogP contribution in [0.25, 0.3) is 5.76 Å². The Morgan fingerprint density at radius 2 is 1.60 bits per heavy atom. The lowest BCUT2D eigenvalue weighted by Gasteiger charge is -2.25. The zero-order valence-electron chi connectivity index (χ0n) is 19.7. The van der Waals surface area contributed by atoms with Crippen LogP contribution >= 0.6 is 0 Å². The fraction of sp³-hybridized carbons (Fsp3) is 0.214. The van der Waals surface area contributed by atoms with Gasteiger partial charge in [0.25, 0.3) is 11.7 Å². The standard InChI is InChI=1S/C28H26FNO5/c1-17-4-7-19(8-5-17)25-24(26(31)20-9-11-21(29)12-10-20)27(32)28(33)30(25)15-14-18-6-13-22(34-2)23(16-18)35-3/h4-13,16,25,31H,14-15H2,1-3H3/t25-/m0/s1. The van der Waals surface area contributed by atoms with Crippen LogP contribution in [-0.4, -0.2) is 42.5 Å². The number of hydrogen-bond acceptors (Lipinski definition) is 5. The number of aryl methyl sites for hydroxylation is 1. The predicted molar refractivity (Wildman–Crippen MR) is 130 cm³/mol. The van der Waals surface area contributed by atoms with E-state index in [1.807, 2.05) is 43.3 Å². The van der Waals surface area contributed by atoms with Gasteiger partial charge in [-0.05, 0) is 60.9 Å². The van der Waals surface area contributed by atoms with Crippen LogP contribution in [0.15, 0.2) is 72.3 Å². The van der Waals surface area contributed by atoms with Crippen LogP contribution in [-0.2, 0) is 16.0 Å². The molecule has 3 aromatic carbocycles. The van der Waals surface area contributed by atoms with Crippen LogP contribution in [0, 0.1) is 12.7 Å². The molecule has 0 radical (unpaired) electrons. The highest BCUT2D eigenvalue weighted by molar-refractivity contribution is 6.46. The van der Waals surface area contributed by atoms with Crippen molar-refractivity contribution in [2.75, 3.05) is 20.8 Å². The van der Waals surface area contributed by atoms with E-state index in [1.54, 1.807) is 20.3 Å². The van der Waals surface area contributed by atoms with E-state index in [0.29, 0.717) is 23.5 Å². The summed E-state index contributed by atoms with van der Waals surface area (Å²) in [6.45, 7) is 2.18. The van der Waals surface area contributed by atoms with Gasteiger partial charge in [-0.25, -0.2) is 4.39 Å². The van der Waals surface area contributed by atoms with Gasteiger partial charge in [0.1, 0.15) is 11.6 Å². The summed E-state index contributed by atoms with van der Waals surface area (Å²) in [6.07, 6.45) is 0.451. The van der Waals surface area contributed by atoms with E-state index >= 15 is 0 Å². The lowest BCUT2D eigenvalue weighted by molar-refractivity contribution is -0.139. The normalized spacial score (nSPS) is 17.0. The molecule has 1 amide bonds. The van der Waals surface area contributed by atoms with Crippen molar-refractivity contribution in [3.63, 3.8) is 0 Å². The fourth-order valence-corrected chi connectivity index (χ4v) is 4.25. The van der Waals surface area contributed by atoms with E-state index in [2.05, 4.69) is 0 Å². The number of carbonyl (C=O) groups excluding carboxylic acids is 2. The monoisotopic (exact) mass is 475 g/mol. The number of aliphatic hydroxyl groups is 1. The van der Waals surface area contributed by atoms with Crippen LogP contribution in [0.5, 0.6) is 11.5 Å². The number of nitrogens with zero attached hydrogens (tertiary/aromatic N) is 1. The zero-order chi connectivity index (χ0) is 25.1. The van der Waals surface area contributed by atoms with Gasteiger partial charge in [-0.15, -0.1) is 0 Å². The number of halogens is 1. The van der Waals surface area contributed by atoms with E-state index in [-0.39, 0.29) is 23.4 Å². The first-order chi connectivity index (χ1) is 16.8. The Balaban J connectivity index is 1.73. The lowest BCUT2D eigenvalue weighted by atomic mass is 9.94. The first-order valence-electron chi connectivity index (χ1n) is 11.2.